The van der Waals surface area contributed by atoms with Gasteiger partial charge in [-0.25, -0.2) is 0 Å². The van der Waals surface area contributed by atoms with Gasteiger partial charge in [-0.15, -0.1) is 0 Å². The topological polar surface area (TPSA) is 77.8 Å². The second-order valence-corrected chi connectivity index (χ2v) is 3.93. The molecule has 0 fully saturated rings. The van der Waals surface area contributed by atoms with Gasteiger partial charge in [-0.3, -0.25) is 4.79 Å². The fraction of sp³-hybridized carbons (Fsp3) is 0. The number of benzene rings is 1. The predicted molar refractivity (Wildman–Crippen MR) is 45.0 cm³/mol. The molecule has 0 aliphatic heterocycles. The SMILES string of the molecule is O=Cc1ccc([P+](O)(O)O)cc1. The van der Waals surface area contributed by atoms with Crippen LogP contribution in [0.15, 0.2) is 24.3 Å². The molecule has 12 heavy (non-hydrogen) atoms. The summed E-state index contributed by atoms with van der Waals surface area (Å²) in [5.74, 6) is 0. The molecule has 1 rings (SSSR count). The van der Waals surface area contributed by atoms with Crippen molar-refractivity contribution in [2.45, 2.75) is 0 Å². The molecule has 0 saturated heterocycles. The van der Waals surface area contributed by atoms with Gasteiger partial charge < -0.3 is 0 Å². The minimum absolute atomic E-state index is 0.0353. The van der Waals surface area contributed by atoms with E-state index in [0.29, 0.717) is 11.8 Å². The number of hydrogen-bond donors (Lipinski definition) is 3. The summed E-state index contributed by atoms with van der Waals surface area (Å²) < 4.78 is 0. The highest BCUT2D eigenvalue weighted by Crippen LogP contribution is 2.42. The third kappa shape index (κ3) is 2.09. The molecule has 1 aromatic carbocycles. The number of rotatable bonds is 2. The lowest BCUT2D eigenvalue weighted by Gasteiger charge is -2.01. The van der Waals surface area contributed by atoms with Gasteiger partial charge in [-0.05, 0) is 24.3 Å². The Balaban J connectivity index is 3.00. The maximum Gasteiger partial charge on any atom is 0.440 e. The van der Waals surface area contributed by atoms with Crippen LogP contribution in [0.4, 0.5) is 0 Å². The average molecular weight is 187 g/mol. The van der Waals surface area contributed by atoms with Crippen molar-refractivity contribution in [1.82, 2.24) is 0 Å². The largest absolute Gasteiger partial charge is 0.440 e. The van der Waals surface area contributed by atoms with Crippen molar-refractivity contribution in [3.05, 3.63) is 29.8 Å². The van der Waals surface area contributed by atoms with E-state index in [0.717, 1.165) is 0 Å². The molecule has 0 radical (unpaired) electrons. The van der Waals surface area contributed by atoms with Gasteiger partial charge in [0.1, 0.15) is 6.29 Å². The Kier molecular flexibility index (Phi) is 2.55. The molecule has 0 spiro atoms. The van der Waals surface area contributed by atoms with Gasteiger partial charge in [0.15, 0.2) is 5.30 Å². The van der Waals surface area contributed by atoms with Gasteiger partial charge in [0.2, 0.25) is 0 Å². The molecule has 64 valence electrons. The van der Waals surface area contributed by atoms with Crippen LogP contribution in [0, 0.1) is 0 Å². The zero-order valence-electron chi connectivity index (χ0n) is 6.08. The van der Waals surface area contributed by atoms with Crippen molar-refractivity contribution in [3.63, 3.8) is 0 Å². The summed E-state index contributed by atoms with van der Waals surface area (Å²) in [6.07, 6.45) is 0.635. The third-order valence-corrected chi connectivity index (χ3v) is 2.37. The van der Waals surface area contributed by atoms with Gasteiger partial charge in [-0.2, -0.15) is 14.7 Å². The monoisotopic (exact) mass is 187 g/mol. The summed E-state index contributed by atoms with van der Waals surface area (Å²) in [5, 5.41) is 0.0353. The van der Waals surface area contributed by atoms with Crippen molar-refractivity contribution in [1.29, 1.82) is 0 Å². The maximum absolute atomic E-state index is 10.2. The summed E-state index contributed by atoms with van der Waals surface area (Å²) in [7, 11) is -3.91. The van der Waals surface area contributed by atoms with Crippen LogP contribution in [-0.2, 0) is 0 Å². The lowest BCUT2D eigenvalue weighted by atomic mass is 10.2. The van der Waals surface area contributed by atoms with Crippen molar-refractivity contribution in [2.75, 3.05) is 0 Å². The summed E-state index contributed by atoms with van der Waals surface area (Å²) in [6.45, 7) is 0. The Labute approximate surface area is 69.7 Å². The van der Waals surface area contributed by atoms with Crippen LogP contribution in [0.3, 0.4) is 0 Å². The van der Waals surface area contributed by atoms with Gasteiger partial charge in [0.25, 0.3) is 0 Å². The van der Waals surface area contributed by atoms with E-state index in [2.05, 4.69) is 0 Å². The minimum Gasteiger partial charge on any atom is -0.298 e. The molecule has 0 unspecified atom stereocenters. The molecule has 4 nitrogen and oxygen atoms in total. The van der Waals surface area contributed by atoms with E-state index in [-0.39, 0.29) is 5.30 Å². The van der Waals surface area contributed by atoms with Crippen LogP contribution >= 0.6 is 7.94 Å². The third-order valence-electron chi connectivity index (χ3n) is 1.38. The molecule has 3 N–H and O–H groups in total. The van der Waals surface area contributed by atoms with E-state index < -0.39 is 7.94 Å². The standard InChI is InChI=1S/C7H8O4P/c8-5-6-1-3-7(4-2-6)12(9,10)11/h1-5,9-11H/q+1. The molecule has 0 atom stereocenters. The van der Waals surface area contributed by atoms with E-state index in [9.17, 15) is 4.79 Å². The summed E-state index contributed by atoms with van der Waals surface area (Å²) in [4.78, 5) is 36.5. The Morgan fingerprint density at radius 1 is 1.08 bits per heavy atom. The fourth-order valence-electron chi connectivity index (χ4n) is 0.753. The molecule has 0 aliphatic rings. The molecule has 0 heterocycles. The van der Waals surface area contributed by atoms with E-state index >= 15 is 0 Å². The van der Waals surface area contributed by atoms with Crippen molar-refractivity contribution in [3.8, 4) is 0 Å². The molecule has 0 aromatic heterocycles. The van der Waals surface area contributed by atoms with Crippen LogP contribution in [0.25, 0.3) is 0 Å². The van der Waals surface area contributed by atoms with Crippen LogP contribution in [0.2, 0.25) is 0 Å². The van der Waals surface area contributed by atoms with Crippen LogP contribution in [-0.4, -0.2) is 21.0 Å². The highest BCUT2D eigenvalue weighted by molar-refractivity contribution is 7.66. The number of hydrogen-bond acceptors (Lipinski definition) is 4. The van der Waals surface area contributed by atoms with Crippen LogP contribution in [0.5, 0.6) is 0 Å². The van der Waals surface area contributed by atoms with Crippen LogP contribution < -0.4 is 5.30 Å². The first kappa shape index (κ1) is 9.29. The summed E-state index contributed by atoms with van der Waals surface area (Å²) in [5.41, 5.74) is 0.423. The van der Waals surface area contributed by atoms with Gasteiger partial charge in [0, 0.05) is 5.56 Å². The second kappa shape index (κ2) is 3.29. The van der Waals surface area contributed by atoms with Crippen molar-refractivity contribution < 1.29 is 19.5 Å². The number of aldehydes is 1. The van der Waals surface area contributed by atoms with E-state index in [4.69, 9.17) is 14.7 Å². The lowest BCUT2D eigenvalue weighted by molar-refractivity contribution is 0.112. The smallest absolute Gasteiger partial charge is 0.298 e. The Bertz CT molecular complexity index is 274. The molecule has 1 aromatic rings. The highest BCUT2D eigenvalue weighted by atomic mass is 31.2. The van der Waals surface area contributed by atoms with Gasteiger partial charge >= 0.3 is 7.94 Å². The van der Waals surface area contributed by atoms with Crippen LogP contribution in [0.1, 0.15) is 10.4 Å². The predicted octanol–water partition coefficient (Wildman–Crippen LogP) is -0.136. The summed E-state index contributed by atoms with van der Waals surface area (Å²) in [6, 6.07) is 5.41. The molecule has 0 aliphatic carbocycles. The zero-order valence-corrected chi connectivity index (χ0v) is 6.98. The Morgan fingerprint density at radius 2 is 1.58 bits per heavy atom. The molecule has 0 saturated carbocycles. The Hall–Kier alpha value is -0.800. The number of carbonyl (C=O) groups excluding carboxylic acids is 1. The first-order valence-electron chi connectivity index (χ1n) is 3.17. The maximum atomic E-state index is 10.2. The molecule has 0 amide bonds. The van der Waals surface area contributed by atoms with E-state index in [1.54, 1.807) is 0 Å². The van der Waals surface area contributed by atoms with Crippen molar-refractivity contribution >= 4 is 19.5 Å². The van der Waals surface area contributed by atoms with Gasteiger partial charge in [0.05, 0.1) is 0 Å². The van der Waals surface area contributed by atoms with Gasteiger partial charge in [-0.1, -0.05) is 0 Å². The molecule has 0 bridgehead atoms. The highest BCUT2D eigenvalue weighted by Gasteiger charge is 2.33. The molecular weight excluding hydrogens is 179 g/mol. The molecule has 5 heteroatoms. The minimum atomic E-state index is -3.91. The fourth-order valence-corrected chi connectivity index (χ4v) is 1.30. The first-order chi connectivity index (χ1) is 5.54. The molecular formula is C7H8O4P+. The lowest BCUT2D eigenvalue weighted by Crippen LogP contribution is -2.08. The van der Waals surface area contributed by atoms with E-state index in [1.807, 2.05) is 0 Å². The first-order valence-corrected chi connectivity index (χ1v) is 4.82. The quantitative estimate of drug-likeness (QED) is 0.445. The summed E-state index contributed by atoms with van der Waals surface area (Å²) >= 11 is 0. The Morgan fingerprint density at radius 3 is 1.92 bits per heavy atom. The average Bonchev–Trinajstić information content (AvgIpc) is 2.03. The number of carbonyl (C=O) groups is 1. The van der Waals surface area contributed by atoms with E-state index in [1.165, 1.54) is 24.3 Å². The van der Waals surface area contributed by atoms with Crippen molar-refractivity contribution in [2.24, 2.45) is 0 Å². The second-order valence-electron chi connectivity index (χ2n) is 2.28. The normalized spacial score (nSPS) is 11.2. The zero-order chi connectivity index (χ0) is 9.19.